The van der Waals surface area contributed by atoms with Crippen LogP contribution in [0, 0.1) is 0 Å². The van der Waals surface area contributed by atoms with Crippen molar-refractivity contribution >= 4 is 23.4 Å². The Kier molecular flexibility index (Phi) is 8.51. The quantitative estimate of drug-likeness (QED) is 0.667. The number of nitrogens with one attached hydrogen (secondary N) is 1. The van der Waals surface area contributed by atoms with Gasteiger partial charge in [0.2, 0.25) is 5.43 Å². The van der Waals surface area contributed by atoms with Gasteiger partial charge in [-0.15, -0.1) is 0 Å². The number of carbonyl (C=O) groups is 2. The maximum Gasteiger partial charge on any atom is 0.259 e. The standard InChI is InChI=1S/C25H32ClN3O3/c1-3-18(2)29-16-21(24(31)27-13-12-19-8-10-20(26)11-9-19)23(30)22(17-29)25(32)28-14-6-4-5-7-15-28/h8-11,16-18H,3-7,12-15H2,1-2H3,(H,27,31)/t18-/m1/s1. The number of hydrogen-bond acceptors (Lipinski definition) is 3. The Morgan fingerprint density at radius 3 is 2.28 bits per heavy atom. The van der Waals surface area contributed by atoms with Crippen LogP contribution in [0.2, 0.25) is 5.02 Å². The Morgan fingerprint density at radius 1 is 1.03 bits per heavy atom. The number of benzene rings is 1. The van der Waals surface area contributed by atoms with Crippen LogP contribution in [0.4, 0.5) is 0 Å². The van der Waals surface area contributed by atoms with E-state index in [1.807, 2.05) is 30.5 Å². The van der Waals surface area contributed by atoms with Crippen molar-refractivity contribution in [3.8, 4) is 0 Å². The molecule has 1 aliphatic rings. The lowest BCUT2D eigenvalue weighted by atomic mass is 10.1. The highest BCUT2D eigenvalue weighted by molar-refractivity contribution is 6.30. The van der Waals surface area contributed by atoms with Crippen LogP contribution < -0.4 is 10.7 Å². The fourth-order valence-corrected chi connectivity index (χ4v) is 4.01. The van der Waals surface area contributed by atoms with E-state index >= 15 is 0 Å². The second-order valence-electron chi connectivity index (χ2n) is 8.46. The van der Waals surface area contributed by atoms with Crippen LogP contribution in [0.3, 0.4) is 0 Å². The molecule has 2 amide bonds. The third-order valence-electron chi connectivity index (χ3n) is 6.13. The van der Waals surface area contributed by atoms with Crippen LogP contribution in [-0.4, -0.2) is 40.9 Å². The average molecular weight is 458 g/mol. The zero-order chi connectivity index (χ0) is 23.1. The van der Waals surface area contributed by atoms with Crippen molar-refractivity contribution in [2.75, 3.05) is 19.6 Å². The van der Waals surface area contributed by atoms with E-state index in [9.17, 15) is 14.4 Å². The molecule has 7 heteroatoms. The van der Waals surface area contributed by atoms with Gasteiger partial charge in [-0.1, -0.05) is 43.5 Å². The Morgan fingerprint density at radius 2 is 1.66 bits per heavy atom. The van der Waals surface area contributed by atoms with Gasteiger partial charge in [-0.3, -0.25) is 14.4 Å². The number of amides is 2. The molecule has 0 radical (unpaired) electrons. The molecule has 0 saturated carbocycles. The monoisotopic (exact) mass is 457 g/mol. The van der Waals surface area contributed by atoms with Gasteiger partial charge in [0.25, 0.3) is 11.8 Å². The van der Waals surface area contributed by atoms with Crippen molar-refractivity contribution in [2.45, 2.75) is 58.4 Å². The van der Waals surface area contributed by atoms with Crippen molar-refractivity contribution in [2.24, 2.45) is 0 Å². The molecular formula is C25H32ClN3O3. The number of hydrogen-bond donors (Lipinski definition) is 1. The van der Waals surface area contributed by atoms with Crippen LogP contribution in [0.1, 0.15) is 78.3 Å². The molecule has 172 valence electrons. The van der Waals surface area contributed by atoms with E-state index < -0.39 is 11.3 Å². The molecular weight excluding hydrogens is 426 g/mol. The molecule has 0 unspecified atom stereocenters. The molecule has 2 heterocycles. The molecule has 3 rings (SSSR count). The zero-order valence-electron chi connectivity index (χ0n) is 18.9. The van der Waals surface area contributed by atoms with Gasteiger partial charge in [-0.05, 0) is 50.3 Å². The summed E-state index contributed by atoms with van der Waals surface area (Å²) >= 11 is 5.91. The molecule has 1 aromatic carbocycles. The largest absolute Gasteiger partial charge is 0.352 e. The first-order valence-corrected chi connectivity index (χ1v) is 11.9. The summed E-state index contributed by atoms with van der Waals surface area (Å²) in [6.07, 6.45) is 8.70. The molecule has 32 heavy (non-hydrogen) atoms. The minimum absolute atomic E-state index is 0.0158. The van der Waals surface area contributed by atoms with Gasteiger partial charge in [0, 0.05) is 43.1 Å². The van der Waals surface area contributed by atoms with Crippen molar-refractivity contribution in [1.29, 1.82) is 0 Å². The maximum atomic E-state index is 13.2. The highest BCUT2D eigenvalue weighted by Gasteiger charge is 2.24. The summed E-state index contributed by atoms with van der Waals surface area (Å²) in [6, 6.07) is 7.49. The number of pyridine rings is 1. The maximum absolute atomic E-state index is 13.2. The smallest absolute Gasteiger partial charge is 0.259 e. The first-order chi connectivity index (χ1) is 15.4. The van der Waals surface area contributed by atoms with Gasteiger partial charge in [0.1, 0.15) is 11.1 Å². The first kappa shape index (κ1) is 24.1. The molecule has 0 bridgehead atoms. The van der Waals surface area contributed by atoms with Gasteiger partial charge < -0.3 is 14.8 Å². The van der Waals surface area contributed by atoms with Crippen molar-refractivity contribution in [3.05, 3.63) is 68.6 Å². The number of rotatable bonds is 7. The van der Waals surface area contributed by atoms with Crippen molar-refractivity contribution in [1.82, 2.24) is 14.8 Å². The molecule has 1 atom stereocenters. The lowest BCUT2D eigenvalue weighted by Crippen LogP contribution is -2.38. The summed E-state index contributed by atoms with van der Waals surface area (Å²) < 4.78 is 1.82. The second-order valence-corrected chi connectivity index (χ2v) is 8.89. The first-order valence-electron chi connectivity index (χ1n) is 11.5. The third kappa shape index (κ3) is 6.00. The van der Waals surface area contributed by atoms with Crippen LogP contribution >= 0.6 is 11.6 Å². The average Bonchev–Trinajstić information content (AvgIpc) is 3.09. The van der Waals surface area contributed by atoms with Gasteiger partial charge in [0.05, 0.1) is 0 Å². The molecule has 1 fully saturated rings. The highest BCUT2D eigenvalue weighted by Crippen LogP contribution is 2.15. The Labute approximate surface area is 194 Å². The summed E-state index contributed by atoms with van der Waals surface area (Å²) in [6.45, 7) is 5.73. The fraction of sp³-hybridized carbons (Fsp3) is 0.480. The van der Waals surface area contributed by atoms with E-state index in [2.05, 4.69) is 5.32 Å². The molecule has 0 spiro atoms. The number of aromatic nitrogens is 1. The normalized spacial score (nSPS) is 15.2. The number of nitrogens with zero attached hydrogens (tertiary/aromatic N) is 2. The fourth-order valence-electron chi connectivity index (χ4n) is 3.89. The third-order valence-corrected chi connectivity index (χ3v) is 6.38. The van der Waals surface area contributed by atoms with E-state index in [-0.39, 0.29) is 23.1 Å². The predicted molar refractivity (Wildman–Crippen MR) is 128 cm³/mol. The van der Waals surface area contributed by atoms with Crippen LogP contribution in [0.15, 0.2) is 41.5 Å². The van der Waals surface area contributed by atoms with Crippen LogP contribution in [0.25, 0.3) is 0 Å². The van der Waals surface area contributed by atoms with Gasteiger partial charge >= 0.3 is 0 Å². The molecule has 0 aliphatic carbocycles. The minimum Gasteiger partial charge on any atom is -0.352 e. The number of likely N-dealkylation sites (tertiary alicyclic amines) is 1. The van der Waals surface area contributed by atoms with Crippen molar-refractivity contribution in [3.63, 3.8) is 0 Å². The van der Waals surface area contributed by atoms with Gasteiger partial charge in [-0.2, -0.15) is 0 Å². The lowest BCUT2D eigenvalue weighted by Gasteiger charge is -2.22. The predicted octanol–water partition coefficient (Wildman–Crippen LogP) is 4.46. The van der Waals surface area contributed by atoms with Gasteiger partial charge in [0.15, 0.2) is 0 Å². The summed E-state index contributed by atoms with van der Waals surface area (Å²) in [4.78, 5) is 41.1. The Balaban J connectivity index is 1.82. The summed E-state index contributed by atoms with van der Waals surface area (Å²) in [5.74, 6) is -0.726. The Hall–Kier alpha value is -2.60. The minimum atomic E-state index is -0.497. The Bertz CT molecular complexity index is 992. The molecule has 1 saturated heterocycles. The number of halogens is 1. The van der Waals surface area contributed by atoms with E-state index in [1.165, 1.54) is 0 Å². The lowest BCUT2D eigenvalue weighted by molar-refractivity contribution is 0.0759. The molecule has 6 nitrogen and oxygen atoms in total. The summed E-state index contributed by atoms with van der Waals surface area (Å²) in [5.41, 5.74) is 0.638. The molecule has 2 aromatic rings. The van der Waals surface area contributed by atoms with Gasteiger partial charge in [-0.25, -0.2) is 0 Å². The van der Waals surface area contributed by atoms with E-state index in [0.717, 1.165) is 37.7 Å². The topological polar surface area (TPSA) is 71.4 Å². The number of carbonyl (C=O) groups excluding carboxylic acids is 2. The van der Waals surface area contributed by atoms with Crippen molar-refractivity contribution < 1.29 is 9.59 Å². The summed E-state index contributed by atoms with van der Waals surface area (Å²) in [7, 11) is 0. The molecule has 1 aliphatic heterocycles. The SMILES string of the molecule is CC[C@@H](C)n1cc(C(=O)NCCc2ccc(Cl)cc2)c(=O)c(C(=O)N2CCCCCC2)c1. The summed E-state index contributed by atoms with van der Waals surface area (Å²) in [5, 5.41) is 3.49. The highest BCUT2D eigenvalue weighted by atomic mass is 35.5. The van der Waals surface area contributed by atoms with Crippen LogP contribution in [-0.2, 0) is 6.42 Å². The molecule has 1 aromatic heterocycles. The van der Waals surface area contributed by atoms with Crippen LogP contribution in [0.5, 0.6) is 0 Å². The van der Waals surface area contributed by atoms with E-state index in [4.69, 9.17) is 11.6 Å². The van der Waals surface area contributed by atoms with E-state index in [1.54, 1.807) is 29.4 Å². The van der Waals surface area contributed by atoms with E-state index in [0.29, 0.717) is 31.1 Å². The molecule has 1 N–H and O–H groups in total. The second kappa shape index (κ2) is 11.3. The zero-order valence-corrected chi connectivity index (χ0v) is 19.7.